The van der Waals surface area contributed by atoms with E-state index in [4.69, 9.17) is 0 Å². The fraction of sp³-hybridized carbons (Fsp3) is 0.444. The number of thioether (sulfide) groups is 1. The van der Waals surface area contributed by atoms with E-state index >= 15 is 0 Å². The molecule has 0 aliphatic carbocycles. The summed E-state index contributed by atoms with van der Waals surface area (Å²) in [6, 6.07) is 2.34. The predicted molar refractivity (Wildman–Crippen MR) is 57.9 cm³/mol. The van der Waals surface area contributed by atoms with Gasteiger partial charge in [0.2, 0.25) is 0 Å². The van der Waals surface area contributed by atoms with Crippen molar-refractivity contribution in [3.05, 3.63) is 22.3 Å². The van der Waals surface area contributed by atoms with Crippen molar-refractivity contribution < 1.29 is 13.2 Å². The van der Waals surface area contributed by atoms with Gasteiger partial charge in [-0.2, -0.15) is 13.2 Å². The molecule has 0 N–H and O–H groups in total. The van der Waals surface area contributed by atoms with Gasteiger partial charge in [-0.15, -0.1) is 11.8 Å². The minimum Gasteiger partial charge on any atom is -0.236 e. The van der Waals surface area contributed by atoms with Crippen LogP contribution in [0.3, 0.4) is 0 Å². The number of halogens is 4. The number of nitrogens with zero attached hydrogens (tertiary/aromatic N) is 1. The fourth-order valence-corrected chi connectivity index (χ4v) is 2.17. The molecule has 6 heteroatoms. The second kappa shape index (κ2) is 4.74. The van der Waals surface area contributed by atoms with Gasteiger partial charge in [0, 0.05) is 9.72 Å². The first-order valence-corrected chi connectivity index (χ1v) is 5.88. The van der Waals surface area contributed by atoms with Gasteiger partial charge in [0.05, 0.1) is 0 Å². The molecule has 0 saturated carbocycles. The molecule has 0 bridgehead atoms. The van der Waals surface area contributed by atoms with E-state index in [0.29, 0.717) is 9.50 Å². The molecule has 0 aromatic carbocycles. The van der Waals surface area contributed by atoms with E-state index in [0.717, 1.165) is 6.07 Å². The molecule has 1 aromatic heterocycles. The lowest BCUT2D eigenvalue weighted by Crippen LogP contribution is -2.08. The summed E-state index contributed by atoms with van der Waals surface area (Å²) in [5.41, 5.74) is -0.853. The van der Waals surface area contributed by atoms with E-state index in [-0.39, 0.29) is 5.25 Å². The van der Waals surface area contributed by atoms with Crippen molar-refractivity contribution in [1.82, 2.24) is 4.98 Å². The Morgan fingerprint density at radius 3 is 2.40 bits per heavy atom. The van der Waals surface area contributed by atoms with Crippen LogP contribution in [-0.2, 0) is 6.18 Å². The minimum atomic E-state index is -4.38. The average Bonchev–Trinajstić information content (AvgIpc) is 2.06. The third kappa shape index (κ3) is 3.68. The van der Waals surface area contributed by atoms with E-state index in [1.807, 2.05) is 13.8 Å². The van der Waals surface area contributed by atoms with Crippen LogP contribution in [-0.4, -0.2) is 10.2 Å². The summed E-state index contributed by atoms with van der Waals surface area (Å²) in [6.07, 6.45) is -4.38. The molecule has 0 saturated heterocycles. The molecule has 0 amide bonds. The van der Waals surface area contributed by atoms with Gasteiger partial charge >= 0.3 is 6.18 Å². The Morgan fingerprint density at radius 2 is 1.93 bits per heavy atom. The van der Waals surface area contributed by atoms with Crippen LogP contribution in [0.4, 0.5) is 13.2 Å². The van der Waals surface area contributed by atoms with Crippen LogP contribution < -0.4 is 0 Å². The van der Waals surface area contributed by atoms with Crippen molar-refractivity contribution >= 4 is 27.7 Å². The minimum absolute atomic E-state index is 0.192. The summed E-state index contributed by atoms with van der Waals surface area (Å²) < 4.78 is 37.6. The summed E-state index contributed by atoms with van der Waals surface area (Å²) in [6.45, 7) is 3.80. The van der Waals surface area contributed by atoms with Crippen molar-refractivity contribution in [2.45, 2.75) is 30.3 Å². The van der Waals surface area contributed by atoms with Crippen molar-refractivity contribution in [3.63, 3.8) is 0 Å². The Morgan fingerprint density at radius 1 is 1.33 bits per heavy atom. The fourth-order valence-electron chi connectivity index (χ4n) is 0.887. The van der Waals surface area contributed by atoms with Crippen LogP contribution in [0.15, 0.2) is 21.6 Å². The molecule has 15 heavy (non-hydrogen) atoms. The first-order chi connectivity index (χ1) is 6.80. The molecule has 1 nitrogen and oxygen atoms in total. The van der Waals surface area contributed by atoms with Crippen molar-refractivity contribution in [2.75, 3.05) is 0 Å². The van der Waals surface area contributed by atoms with E-state index in [9.17, 15) is 13.2 Å². The molecule has 1 aromatic rings. The lowest BCUT2D eigenvalue weighted by molar-refractivity contribution is -0.141. The molecule has 1 rings (SSSR count). The van der Waals surface area contributed by atoms with Gasteiger partial charge in [-0.25, -0.2) is 4.98 Å². The van der Waals surface area contributed by atoms with Gasteiger partial charge < -0.3 is 0 Å². The maximum Gasteiger partial charge on any atom is 0.433 e. The summed E-state index contributed by atoms with van der Waals surface area (Å²) in [5.74, 6) is 0. The molecule has 0 spiro atoms. The third-order valence-electron chi connectivity index (χ3n) is 1.45. The van der Waals surface area contributed by atoms with Gasteiger partial charge in [0.15, 0.2) is 0 Å². The van der Waals surface area contributed by atoms with Gasteiger partial charge in [-0.1, -0.05) is 13.8 Å². The van der Waals surface area contributed by atoms with Crippen molar-refractivity contribution in [1.29, 1.82) is 0 Å². The Kier molecular flexibility index (Phi) is 4.06. The summed E-state index contributed by atoms with van der Waals surface area (Å²) in [5, 5.41) is 0.567. The summed E-state index contributed by atoms with van der Waals surface area (Å²) in [4.78, 5) is 3.57. The number of rotatable bonds is 2. The Labute approximate surface area is 98.6 Å². The lowest BCUT2D eigenvalue weighted by atomic mass is 10.3. The second-order valence-electron chi connectivity index (χ2n) is 3.15. The quantitative estimate of drug-likeness (QED) is 0.753. The number of pyridine rings is 1. The highest BCUT2D eigenvalue weighted by Crippen LogP contribution is 2.33. The second-order valence-corrected chi connectivity index (χ2v) is 5.57. The van der Waals surface area contributed by atoms with Crippen LogP contribution in [0, 0.1) is 0 Å². The molecule has 0 fully saturated rings. The molecule has 0 aliphatic heterocycles. The first-order valence-electron chi connectivity index (χ1n) is 4.21. The zero-order valence-corrected chi connectivity index (χ0v) is 10.5. The van der Waals surface area contributed by atoms with E-state index in [1.54, 1.807) is 0 Å². The zero-order valence-electron chi connectivity index (χ0n) is 8.10. The molecule has 1 heterocycles. The number of hydrogen-bond acceptors (Lipinski definition) is 2. The normalized spacial score (nSPS) is 12.2. The highest BCUT2D eigenvalue weighted by molar-refractivity contribution is 9.10. The number of aromatic nitrogens is 1. The summed E-state index contributed by atoms with van der Waals surface area (Å²) in [7, 11) is 0. The molecule has 84 valence electrons. The van der Waals surface area contributed by atoms with E-state index in [1.165, 1.54) is 17.8 Å². The Bertz CT molecular complexity index is 352. The summed E-state index contributed by atoms with van der Waals surface area (Å²) >= 11 is 4.47. The topological polar surface area (TPSA) is 12.9 Å². The highest BCUT2D eigenvalue weighted by Gasteiger charge is 2.32. The van der Waals surface area contributed by atoms with Crippen LogP contribution in [0.1, 0.15) is 19.5 Å². The van der Waals surface area contributed by atoms with Crippen LogP contribution in [0.25, 0.3) is 0 Å². The third-order valence-corrected chi connectivity index (χ3v) is 3.36. The zero-order chi connectivity index (χ0) is 11.6. The molecule has 0 atom stereocenters. The highest BCUT2D eigenvalue weighted by atomic mass is 79.9. The SMILES string of the molecule is CC(C)Sc1nc(C(F)(F)F)ccc1Br. The maximum absolute atomic E-state index is 12.3. The molecular formula is C9H9BrF3NS. The van der Waals surface area contributed by atoms with Crippen molar-refractivity contribution in [2.24, 2.45) is 0 Å². The van der Waals surface area contributed by atoms with E-state index in [2.05, 4.69) is 20.9 Å². The van der Waals surface area contributed by atoms with Crippen molar-refractivity contribution in [3.8, 4) is 0 Å². The molecule has 0 aliphatic rings. The largest absolute Gasteiger partial charge is 0.433 e. The van der Waals surface area contributed by atoms with Gasteiger partial charge in [-0.3, -0.25) is 0 Å². The maximum atomic E-state index is 12.3. The van der Waals surface area contributed by atoms with Crippen LogP contribution >= 0.6 is 27.7 Å². The molecule has 0 unspecified atom stereocenters. The van der Waals surface area contributed by atoms with Crippen LogP contribution in [0.5, 0.6) is 0 Å². The lowest BCUT2D eigenvalue weighted by Gasteiger charge is -2.10. The molecular weight excluding hydrogens is 291 g/mol. The van der Waals surface area contributed by atoms with Gasteiger partial charge in [-0.05, 0) is 28.1 Å². The van der Waals surface area contributed by atoms with Gasteiger partial charge in [0.1, 0.15) is 10.7 Å². The molecule has 0 radical (unpaired) electrons. The monoisotopic (exact) mass is 299 g/mol. The Hall–Kier alpha value is -0.230. The van der Waals surface area contributed by atoms with E-state index < -0.39 is 11.9 Å². The standard InChI is InChI=1S/C9H9BrF3NS/c1-5(2)15-8-6(10)3-4-7(14-8)9(11,12)13/h3-5H,1-2H3. The van der Waals surface area contributed by atoms with Gasteiger partial charge in [0.25, 0.3) is 0 Å². The smallest absolute Gasteiger partial charge is 0.236 e. The predicted octanol–water partition coefficient (Wildman–Crippen LogP) is 4.36. The Balaban J connectivity index is 3.06. The van der Waals surface area contributed by atoms with Crippen LogP contribution in [0.2, 0.25) is 0 Å². The average molecular weight is 300 g/mol. The number of hydrogen-bond donors (Lipinski definition) is 0. The number of alkyl halides is 3. The first kappa shape index (κ1) is 12.8.